The molecule has 102 valence electrons. The molecule has 1 aromatic rings. The number of benzene rings is 1. The number of likely N-dealkylation sites (tertiary alicyclic amines) is 1. The Labute approximate surface area is 129 Å². The van der Waals surface area contributed by atoms with Crippen LogP contribution < -0.4 is 0 Å². The normalized spacial score (nSPS) is 19.3. The van der Waals surface area contributed by atoms with Gasteiger partial charge < -0.3 is 10.0 Å². The van der Waals surface area contributed by atoms with E-state index in [1.807, 2.05) is 0 Å². The molecule has 19 heavy (non-hydrogen) atoms. The molecule has 4 nitrogen and oxygen atoms in total. The summed E-state index contributed by atoms with van der Waals surface area (Å²) in [5, 5.41) is 9.64. The lowest BCUT2D eigenvalue weighted by atomic mass is 9.97. The summed E-state index contributed by atoms with van der Waals surface area (Å²) in [5.41, 5.74) is 0.555. The predicted molar refractivity (Wildman–Crippen MR) is 80.4 cm³/mol. The lowest BCUT2D eigenvalue weighted by Crippen LogP contribution is -2.42. The first-order chi connectivity index (χ1) is 8.99. The summed E-state index contributed by atoms with van der Waals surface area (Å²) in [5.74, 6) is -1.41. The molecule has 1 heterocycles. The molecule has 6 heteroatoms. The third-order valence-corrected chi connectivity index (χ3v) is 4.77. The van der Waals surface area contributed by atoms with E-state index in [0.29, 0.717) is 23.6 Å². The Morgan fingerprint density at radius 1 is 1.42 bits per heavy atom. The Balaban J connectivity index is 2.14. The zero-order valence-electron chi connectivity index (χ0n) is 10.1. The number of amides is 1. The molecule has 1 aliphatic rings. The minimum absolute atomic E-state index is 0.125. The summed E-state index contributed by atoms with van der Waals surface area (Å²) in [6, 6.07) is 5.10. The third-order valence-electron chi connectivity index (χ3n) is 3.22. The van der Waals surface area contributed by atoms with E-state index in [1.54, 1.807) is 23.1 Å². The molecule has 1 fully saturated rings. The van der Waals surface area contributed by atoms with Crippen molar-refractivity contribution in [1.29, 1.82) is 0 Å². The number of rotatable bonds is 2. The van der Waals surface area contributed by atoms with Crippen molar-refractivity contribution in [1.82, 2.24) is 4.90 Å². The molecule has 1 aromatic carbocycles. The number of carboxylic acids is 1. The van der Waals surface area contributed by atoms with Gasteiger partial charge in [0.15, 0.2) is 0 Å². The van der Waals surface area contributed by atoms with Gasteiger partial charge in [-0.05, 0) is 53.6 Å². The summed E-state index contributed by atoms with van der Waals surface area (Å²) < 4.78 is 0.817. The van der Waals surface area contributed by atoms with Crippen molar-refractivity contribution in [3.63, 3.8) is 0 Å². The highest BCUT2D eigenvalue weighted by Gasteiger charge is 2.28. The van der Waals surface area contributed by atoms with Crippen molar-refractivity contribution in [2.75, 3.05) is 13.1 Å². The van der Waals surface area contributed by atoms with Crippen molar-refractivity contribution in [2.45, 2.75) is 12.8 Å². The predicted octanol–water partition coefficient (Wildman–Crippen LogP) is 2.88. The standard InChI is InChI=1S/C13H13ClINO3/c14-10-4-3-8(6-11(10)15)12(17)16-5-1-2-9(7-16)13(18)19/h3-4,6,9H,1-2,5,7H2,(H,18,19). The molecule has 1 N–H and O–H groups in total. The number of aliphatic carboxylic acids is 1. The molecule has 1 amide bonds. The first-order valence-electron chi connectivity index (χ1n) is 5.96. The van der Waals surface area contributed by atoms with Crippen LogP contribution in [-0.4, -0.2) is 35.0 Å². The Morgan fingerprint density at radius 2 is 2.16 bits per heavy atom. The molecule has 0 aromatic heterocycles. The first-order valence-corrected chi connectivity index (χ1v) is 7.42. The van der Waals surface area contributed by atoms with Crippen LogP contribution in [0.15, 0.2) is 18.2 Å². The van der Waals surface area contributed by atoms with Gasteiger partial charge in [0, 0.05) is 22.2 Å². The fraction of sp³-hybridized carbons (Fsp3) is 0.385. The number of carboxylic acid groups (broad SMARTS) is 1. The monoisotopic (exact) mass is 393 g/mol. The Kier molecular flexibility index (Phi) is 4.67. The van der Waals surface area contributed by atoms with Crippen molar-refractivity contribution >= 4 is 46.1 Å². The molecule has 0 bridgehead atoms. The summed E-state index contributed by atoms with van der Waals surface area (Å²) in [6.07, 6.45) is 1.37. The van der Waals surface area contributed by atoms with E-state index in [2.05, 4.69) is 22.6 Å². The minimum Gasteiger partial charge on any atom is -0.481 e. The van der Waals surface area contributed by atoms with Crippen molar-refractivity contribution < 1.29 is 14.7 Å². The highest BCUT2D eigenvalue weighted by Crippen LogP contribution is 2.22. The van der Waals surface area contributed by atoms with Crippen LogP contribution in [0.4, 0.5) is 0 Å². The summed E-state index contributed by atoms with van der Waals surface area (Å²) in [4.78, 5) is 24.9. The molecule has 0 radical (unpaired) electrons. The Bertz CT molecular complexity index is 521. The van der Waals surface area contributed by atoms with Gasteiger partial charge in [-0.15, -0.1) is 0 Å². The number of nitrogens with zero attached hydrogens (tertiary/aromatic N) is 1. The maximum atomic E-state index is 12.3. The van der Waals surface area contributed by atoms with Gasteiger partial charge in [0.2, 0.25) is 0 Å². The number of piperidine rings is 1. The van der Waals surface area contributed by atoms with E-state index in [-0.39, 0.29) is 12.5 Å². The highest BCUT2D eigenvalue weighted by molar-refractivity contribution is 14.1. The number of carbonyl (C=O) groups excluding carboxylic acids is 1. The number of halogens is 2. The fourth-order valence-corrected chi connectivity index (χ4v) is 2.81. The lowest BCUT2D eigenvalue weighted by Gasteiger charge is -2.30. The zero-order valence-corrected chi connectivity index (χ0v) is 13.0. The van der Waals surface area contributed by atoms with Gasteiger partial charge in [-0.25, -0.2) is 0 Å². The molecule has 1 saturated heterocycles. The SMILES string of the molecule is O=C(O)C1CCCN(C(=O)c2ccc(Cl)c(I)c2)C1. The molecule has 2 rings (SSSR count). The molecular weight excluding hydrogens is 381 g/mol. The van der Waals surface area contributed by atoms with E-state index < -0.39 is 11.9 Å². The van der Waals surface area contributed by atoms with Gasteiger partial charge in [0.25, 0.3) is 5.91 Å². The molecule has 0 aliphatic carbocycles. The van der Waals surface area contributed by atoms with Crippen LogP contribution in [0.25, 0.3) is 0 Å². The van der Waals surface area contributed by atoms with Crippen molar-refractivity contribution in [2.24, 2.45) is 5.92 Å². The number of hydrogen-bond donors (Lipinski definition) is 1. The average molecular weight is 394 g/mol. The van der Waals surface area contributed by atoms with Crippen LogP contribution in [0.2, 0.25) is 5.02 Å². The number of carbonyl (C=O) groups is 2. The van der Waals surface area contributed by atoms with Gasteiger partial charge >= 0.3 is 5.97 Å². The molecule has 1 unspecified atom stereocenters. The van der Waals surface area contributed by atoms with Crippen LogP contribution in [-0.2, 0) is 4.79 Å². The average Bonchev–Trinajstić information content (AvgIpc) is 2.41. The van der Waals surface area contributed by atoms with Crippen LogP contribution in [0.3, 0.4) is 0 Å². The van der Waals surface area contributed by atoms with Gasteiger partial charge in [0.1, 0.15) is 0 Å². The van der Waals surface area contributed by atoms with Crippen molar-refractivity contribution in [3.8, 4) is 0 Å². The van der Waals surface area contributed by atoms with E-state index in [4.69, 9.17) is 16.7 Å². The number of hydrogen-bond acceptors (Lipinski definition) is 2. The Morgan fingerprint density at radius 3 is 2.79 bits per heavy atom. The highest BCUT2D eigenvalue weighted by atomic mass is 127. The van der Waals surface area contributed by atoms with Crippen LogP contribution in [0.5, 0.6) is 0 Å². The third kappa shape index (κ3) is 3.39. The van der Waals surface area contributed by atoms with Gasteiger partial charge in [-0.1, -0.05) is 11.6 Å². The van der Waals surface area contributed by atoms with E-state index in [9.17, 15) is 9.59 Å². The maximum absolute atomic E-state index is 12.3. The van der Waals surface area contributed by atoms with Crippen LogP contribution in [0, 0.1) is 9.49 Å². The second-order valence-electron chi connectivity index (χ2n) is 4.56. The molecular formula is C13H13ClINO3. The van der Waals surface area contributed by atoms with Gasteiger partial charge in [-0.3, -0.25) is 9.59 Å². The topological polar surface area (TPSA) is 57.6 Å². The minimum atomic E-state index is -0.830. The Hall–Kier alpha value is -0.820. The largest absolute Gasteiger partial charge is 0.481 e. The molecule has 0 saturated carbocycles. The van der Waals surface area contributed by atoms with Gasteiger partial charge in [-0.2, -0.15) is 0 Å². The molecule has 1 aliphatic heterocycles. The summed E-state index contributed by atoms with van der Waals surface area (Å²) in [7, 11) is 0. The van der Waals surface area contributed by atoms with E-state index >= 15 is 0 Å². The quantitative estimate of drug-likeness (QED) is 0.786. The van der Waals surface area contributed by atoms with Gasteiger partial charge in [0.05, 0.1) is 10.9 Å². The fourth-order valence-electron chi connectivity index (χ4n) is 2.17. The summed E-state index contributed by atoms with van der Waals surface area (Å²) in [6.45, 7) is 0.898. The smallest absolute Gasteiger partial charge is 0.308 e. The molecule has 0 spiro atoms. The zero-order chi connectivity index (χ0) is 14.0. The van der Waals surface area contributed by atoms with Crippen molar-refractivity contribution in [3.05, 3.63) is 32.4 Å². The van der Waals surface area contributed by atoms with Crippen LogP contribution >= 0.6 is 34.2 Å². The second kappa shape index (κ2) is 6.09. The first kappa shape index (κ1) is 14.6. The van der Waals surface area contributed by atoms with Crippen LogP contribution in [0.1, 0.15) is 23.2 Å². The second-order valence-corrected chi connectivity index (χ2v) is 6.13. The lowest BCUT2D eigenvalue weighted by molar-refractivity contribution is -0.143. The summed E-state index contributed by atoms with van der Waals surface area (Å²) >= 11 is 8.00. The van der Waals surface area contributed by atoms with E-state index in [1.165, 1.54) is 0 Å². The maximum Gasteiger partial charge on any atom is 0.308 e. The van der Waals surface area contributed by atoms with E-state index in [0.717, 1.165) is 9.99 Å². The molecule has 1 atom stereocenters.